The number of nitrogens with one attached hydrogen (secondary N) is 2. The van der Waals surface area contributed by atoms with Crippen molar-refractivity contribution in [1.82, 2.24) is 9.97 Å². The zero-order chi connectivity index (χ0) is 13.1. The number of carbonyl (C=O) groups excluding carboxylic acids is 1. The number of nitrogens with zero attached hydrogens (tertiary/aromatic N) is 1. The number of aromatic amines is 1. The topological polar surface area (TPSA) is 76.2 Å². The Labute approximate surface area is 99.9 Å². The van der Waals surface area contributed by atoms with Crippen molar-refractivity contribution >= 4 is 22.8 Å². The molecule has 96 valence electrons. The third-order valence-corrected chi connectivity index (χ3v) is 2.15. The molecule has 0 aliphatic heterocycles. The van der Waals surface area contributed by atoms with Crippen LogP contribution in [0.5, 0.6) is 5.75 Å². The van der Waals surface area contributed by atoms with Gasteiger partial charge in [0.1, 0.15) is 11.3 Å². The van der Waals surface area contributed by atoms with Gasteiger partial charge in [-0.05, 0) is 6.07 Å². The van der Waals surface area contributed by atoms with Gasteiger partial charge in [-0.3, -0.25) is 5.32 Å². The largest absolute Gasteiger partial charge is 0.494 e. The van der Waals surface area contributed by atoms with Crippen molar-refractivity contribution in [3.63, 3.8) is 0 Å². The fourth-order valence-electron chi connectivity index (χ4n) is 1.47. The van der Waals surface area contributed by atoms with Gasteiger partial charge in [-0.2, -0.15) is 8.78 Å². The van der Waals surface area contributed by atoms with Crippen LogP contribution in [0.4, 0.5) is 19.3 Å². The average Bonchev–Trinajstić information content (AvgIpc) is 2.74. The molecule has 2 rings (SSSR count). The molecule has 0 radical (unpaired) electrons. The summed E-state index contributed by atoms with van der Waals surface area (Å²) in [5, 5.41) is 2.16. The lowest BCUT2D eigenvalue weighted by atomic mass is 10.2. The summed E-state index contributed by atoms with van der Waals surface area (Å²) in [6, 6.07) is 2.98. The van der Waals surface area contributed by atoms with Gasteiger partial charge >= 0.3 is 12.7 Å². The van der Waals surface area contributed by atoms with Crippen LogP contribution in [0.2, 0.25) is 0 Å². The SMILES string of the molecule is COc1cc(NC(=O)OC(F)F)cc2[nH]cnc12. The van der Waals surface area contributed by atoms with Crippen molar-refractivity contribution in [2.75, 3.05) is 12.4 Å². The van der Waals surface area contributed by atoms with Crippen LogP contribution in [0.15, 0.2) is 18.5 Å². The van der Waals surface area contributed by atoms with Gasteiger partial charge in [0.25, 0.3) is 0 Å². The molecule has 0 fully saturated rings. The van der Waals surface area contributed by atoms with E-state index >= 15 is 0 Å². The minimum atomic E-state index is -3.16. The van der Waals surface area contributed by atoms with Gasteiger partial charge in [0.2, 0.25) is 0 Å². The van der Waals surface area contributed by atoms with Gasteiger partial charge in [-0.25, -0.2) is 9.78 Å². The van der Waals surface area contributed by atoms with Crippen LogP contribution < -0.4 is 10.1 Å². The molecule has 1 amide bonds. The number of hydrogen-bond acceptors (Lipinski definition) is 4. The standard InChI is InChI=1S/C10H9F2N3O3/c1-17-7-3-5(15-10(16)18-9(11)12)2-6-8(7)14-4-13-6/h2-4,9H,1H3,(H,13,14)(H,15,16). The van der Waals surface area contributed by atoms with E-state index in [1.807, 2.05) is 0 Å². The molecule has 0 saturated carbocycles. The van der Waals surface area contributed by atoms with Crippen molar-refractivity contribution in [1.29, 1.82) is 0 Å². The molecular weight excluding hydrogens is 248 g/mol. The number of aromatic nitrogens is 2. The number of hydrogen-bond donors (Lipinski definition) is 2. The summed E-state index contributed by atoms with van der Waals surface area (Å²) in [6.45, 7) is -3.16. The van der Waals surface area contributed by atoms with E-state index in [1.165, 1.54) is 25.6 Å². The highest BCUT2D eigenvalue weighted by Crippen LogP contribution is 2.27. The number of anilines is 1. The predicted molar refractivity (Wildman–Crippen MR) is 58.8 cm³/mol. The molecule has 1 heterocycles. The van der Waals surface area contributed by atoms with E-state index in [0.717, 1.165) is 0 Å². The molecule has 0 atom stereocenters. The summed E-state index contributed by atoms with van der Waals surface area (Å²) >= 11 is 0. The number of fused-ring (bicyclic) bond motifs is 1. The van der Waals surface area contributed by atoms with E-state index in [9.17, 15) is 13.6 Å². The number of rotatable bonds is 3. The summed E-state index contributed by atoms with van der Waals surface area (Å²) in [7, 11) is 1.44. The lowest BCUT2D eigenvalue weighted by Gasteiger charge is -2.08. The number of alkyl halides is 2. The minimum Gasteiger partial charge on any atom is -0.494 e. The predicted octanol–water partition coefficient (Wildman–Crippen LogP) is 2.34. The fraction of sp³-hybridized carbons (Fsp3) is 0.200. The Hall–Kier alpha value is -2.38. The van der Waals surface area contributed by atoms with E-state index < -0.39 is 12.7 Å². The summed E-state index contributed by atoms with van der Waals surface area (Å²) in [5.74, 6) is 0.404. The van der Waals surface area contributed by atoms with Crippen molar-refractivity contribution in [3.8, 4) is 5.75 Å². The van der Waals surface area contributed by atoms with Gasteiger partial charge in [0.05, 0.1) is 19.0 Å². The third-order valence-electron chi connectivity index (χ3n) is 2.15. The molecule has 0 aliphatic carbocycles. The fourth-order valence-corrected chi connectivity index (χ4v) is 1.47. The monoisotopic (exact) mass is 257 g/mol. The number of benzene rings is 1. The van der Waals surface area contributed by atoms with E-state index in [4.69, 9.17) is 4.74 Å². The highest BCUT2D eigenvalue weighted by molar-refractivity contribution is 5.91. The quantitative estimate of drug-likeness (QED) is 0.884. The number of H-pyrrole nitrogens is 1. The maximum Gasteiger partial charge on any atom is 0.416 e. The second-order valence-electron chi connectivity index (χ2n) is 3.27. The summed E-state index contributed by atoms with van der Waals surface area (Å²) in [5.41, 5.74) is 1.43. The molecule has 1 aromatic heterocycles. The second kappa shape index (κ2) is 4.86. The molecular formula is C10H9F2N3O3. The van der Waals surface area contributed by atoms with E-state index in [2.05, 4.69) is 20.0 Å². The molecule has 0 bridgehead atoms. The lowest BCUT2D eigenvalue weighted by molar-refractivity contribution is -0.0766. The molecule has 0 spiro atoms. The van der Waals surface area contributed by atoms with Crippen LogP contribution in [-0.2, 0) is 4.74 Å². The highest BCUT2D eigenvalue weighted by atomic mass is 19.3. The molecule has 8 heteroatoms. The molecule has 18 heavy (non-hydrogen) atoms. The lowest BCUT2D eigenvalue weighted by Crippen LogP contribution is -2.16. The molecule has 0 unspecified atom stereocenters. The van der Waals surface area contributed by atoms with Gasteiger partial charge in [0, 0.05) is 11.8 Å². The number of imidazole rings is 1. The highest BCUT2D eigenvalue weighted by Gasteiger charge is 2.13. The first-order valence-electron chi connectivity index (χ1n) is 4.87. The van der Waals surface area contributed by atoms with Crippen LogP contribution >= 0.6 is 0 Å². The van der Waals surface area contributed by atoms with Crippen LogP contribution in [0.3, 0.4) is 0 Å². The van der Waals surface area contributed by atoms with Crippen molar-refractivity contribution in [2.24, 2.45) is 0 Å². The Morgan fingerprint density at radius 1 is 1.50 bits per heavy atom. The molecule has 6 nitrogen and oxygen atoms in total. The third kappa shape index (κ3) is 2.47. The number of ether oxygens (including phenoxy) is 2. The zero-order valence-corrected chi connectivity index (χ0v) is 9.24. The summed E-state index contributed by atoms with van der Waals surface area (Å²) < 4.78 is 32.4. The summed E-state index contributed by atoms with van der Waals surface area (Å²) in [4.78, 5) is 17.8. The van der Waals surface area contributed by atoms with Gasteiger partial charge in [0.15, 0.2) is 0 Å². The number of amides is 1. The maximum absolute atomic E-state index is 11.8. The van der Waals surface area contributed by atoms with Crippen LogP contribution in [0, 0.1) is 0 Å². The molecule has 0 saturated heterocycles. The summed E-state index contributed by atoms with van der Waals surface area (Å²) in [6.07, 6.45) is 0.208. The Kier molecular flexibility index (Phi) is 3.26. The van der Waals surface area contributed by atoms with Gasteiger partial charge in [-0.1, -0.05) is 0 Å². The minimum absolute atomic E-state index is 0.259. The number of halogens is 2. The number of carbonyl (C=O) groups is 1. The Morgan fingerprint density at radius 3 is 2.94 bits per heavy atom. The zero-order valence-electron chi connectivity index (χ0n) is 9.24. The second-order valence-corrected chi connectivity index (χ2v) is 3.27. The Morgan fingerprint density at radius 2 is 2.28 bits per heavy atom. The Balaban J connectivity index is 2.25. The number of methoxy groups -OCH3 is 1. The van der Waals surface area contributed by atoms with E-state index in [0.29, 0.717) is 16.8 Å². The van der Waals surface area contributed by atoms with Gasteiger partial charge < -0.3 is 14.5 Å². The maximum atomic E-state index is 11.8. The van der Waals surface area contributed by atoms with Crippen molar-refractivity contribution in [2.45, 2.75) is 6.61 Å². The van der Waals surface area contributed by atoms with Crippen LogP contribution in [0.1, 0.15) is 0 Å². The van der Waals surface area contributed by atoms with Gasteiger partial charge in [-0.15, -0.1) is 0 Å². The first kappa shape index (κ1) is 12.1. The molecule has 0 aliphatic rings. The first-order valence-corrected chi connectivity index (χ1v) is 4.87. The first-order chi connectivity index (χ1) is 8.60. The van der Waals surface area contributed by atoms with E-state index in [1.54, 1.807) is 0 Å². The Bertz CT molecular complexity index is 570. The van der Waals surface area contributed by atoms with Crippen molar-refractivity contribution in [3.05, 3.63) is 18.5 Å². The van der Waals surface area contributed by atoms with E-state index in [-0.39, 0.29) is 5.69 Å². The average molecular weight is 257 g/mol. The molecule has 2 N–H and O–H groups in total. The molecule has 1 aromatic carbocycles. The molecule has 2 aromatic rings. The van der Waals surface area contributed by atoms with Crippen molar-refractivity contribution < 1.29 is 23.0 Å². The van der Waals surface area contributed by atoms with Crippen LogP contribution in [0.25, 0.3) is 11.0 Å². The van der Waals surface area contributed by atoms with Crippen LogP contribution in [-0.4, -0.2) is 29.8 Å². The normalized spacial score (nSPS) is 10.7. The smallest absolute Gasteiger partial charge is 0.416 e.